The molecule has 1 aromatic heterocycles. The monoisotopic (exact) mass is 374 g/mol. The molecule has 1 saturated carbocycles. The van der Waals surface area contributed by atoms with Crippen LogP contribution in [0.2, 0.25) is 0 Å². The van der Waals surface area contributed by atoms with Crippen molar-refractivity contribution in [2.45, 2.75) is 44.6 Å². The van der Waals surface area contributed by atoms with E-state index in [1.165, 1.54) is 25.7 Å². The van der Waals surface area contributed by atoms with Gasteiger partial charge in [0.2, 0.25) is 0 Å². The quantitative estimate of drug-likeness (QED) is 0.625. The number of hydrogen-bond donors (Lipinski definition) is 1. The Morgan fingerprint density at radius 2 is 1.71 bits per heavy atom. The van der Waals surface area contributed by atoms with E-state index in [0.29, 0.717) is 5.56 Å². The second kappa shape index (κ2) is 8.42. The zero-order chi connectivity index (χ0) is 19.3. The van der Waals surface area contributed by atoms with E-state index in [1.54, 1.807) is 7.11 Å². The number of ether oxygens (including phenoxy) is 1. The van der Waals surface area contributed by atoms with E-state index in [1.807, 2.05) is 54.6 Å². The predicted molar refractivity (Wildman–Crippen MR) is 113 cm³/mol. The largest absolute Gasteiger partial charge is 0.497 e. The highest BCUT2D eigenvalue weighted by Gasteiger charge is 2.19. The number of pyridine rings is 1. The standard InChI is InChI=1S/C24H26N2O2/c1-28-19-14-12-17(13-15-19)23-16-21(20-10-6-7-11-22(20)26-23)24(27)25-18-8-4-2-3-5-9-18/h6-7,10-16,18H,2-5,8-9H2,1H3,(H,25,27). The molecule has 4 nitrogen and oxygen atoms in total. The van der Waals surface area contributed by atoms with Crippen molar-refractivity contribution in [2.24, 2.45) is 0 Å². The summed E-state index contributed by atoms with van der Waals surface area (Å²) < 4.78 is 5.25. The maximum Gasteiger partial charge on any atom is 0.252 e. The zero-order valence-corrected chi connectivity index (χ0v) is 16.3. The van der Waals surface area contributed by atoms with Crippen LogP contribution in [0.15, 0.2) is 54.6 Å². The van der Waals surface area contributed by atoms with Gasteiger partial charge in [-0.1, -0.05) is 43.9 Å². The van der Waals surface area contributed by atoms with E-state index in [0.717, 1.165) is 40.8 Å². The van der Waals surface area contributed by atoms with E-state index in [4.69, 9.17) is 9.72 Å². The summed E-state index contributed by atoms with van der Waals surface area (Å²) in [6, 6.07) is 17.8. The lowest BCUT2D eigenvalue weighted by Crippen LogP contribution is -2.34. The van der Waals surface area contributed by atoms with Crippen molar-refractivity contribution in [3.8, 4) is 17.0 Å². The molecule has 1 N–H and O–H groups in total. The molecule has 1 heterocycles. The number of rotatable bonds is 4. The summed E-state index contributed by atoms with van der Waals surface area (Å²) >= 11 is 0. The van der Waals surface area contributed by atoms with E-state index in [-0.39, 0.29) is 11.9 Å². The van der Waals surface area contributed by atoms with Crippen molar-refractivity contribution < 1.29 is 9.53 Å². The first-order valence-electron chi connectivity index (χ1n) is 10.1. The molecule has 0 saturated heterocycles. The van der Waals surface area contributed by atoms with Crippen LogP contribution < -0.4 is 10.1 Å². The molecule has 4 heteroatoms. The predicted octanol–water partition coefficient (Wildman–Crippen LogP) is 5.36. The van der Waals surface area contributed by atoms with Crippen molar-refractivity contribution in [3.05, 3.63) is 60.2 Å². The van der Waals surface area contributed by atoms with Gasteiger partial charge in [-0.25, -0.2) is 4.98 Å². The second-order valence-electron chi connectivity index (χ2n) is 7.46. The molecule has 0 radical (unpaired) electrons. The topological polar surface area (TPSA) is 51.2 Å². The lowest BCUT2D eigenvalue weighted by Gasteiger charge is -2.17. The Bertz CT molecular complexity index is 958. The van der Waals surface area contributed by atoms with Crippen molar-refractivity contribution >= 4 is 16.8 Å². The normalized spacial score (nSPS) is 15.2. The minimum atomic E-state index is 0.000242. The van der Waals surface area contributed by atoms with Crippen molar-refractivity contribution in [1.29, 1.82) is 0 Å². The molecule has 1 aliphatic carbocycles. The van der Waals surface area contributed by atoms with Gasteiger partial charge in [0.1, 0.15) is 5.75 Å². The Hall–Kier alpha value is -2.88. The van der Waals surface area contributed by atoms with Crippen molar-refractivity contribution in [2.75, 3.05) is 7.11 Å². The van der Waals surface area contributed by atoms with E-state index < -0.39 is 0 Å². The van der Waals surface area contributed by atoms with Gasteiger partial charge in [0.15, 0.2) is 0 Å². The molecule has 0 spiro atoms. The molecular formula is C24H26N2O2. The summed E-state index contributed by atoms with van der Waals surface area (Å²) in [4.78, 5) is 17.9. The molecule has 144 valence electrons. The Morgan fingerprint density at radius 3 is 2.43 bits per heavy atom. The fourth-order valence-corrected chi connectivity index (χ4v) is 3.96. The Morgan fingerprint density at radius 1 is 1.00 bits per heavy atom. The van der Waals surface area contributed by atoms with Gasteiger partial charge in [0, 0.05) is 17.0 Å². The molecule has 1 amide bonds. The van der Waals surface area contributed by atoms with Crippen LogP contribution in [0.5, 0.6) is 5.75 Å². The molecule has 2 aromatic carbocycles. The third-order valence-electron chi connectivity index (χ3n) is 5.54. The Labute approximate surface area is 165 Å². The molecule has 0 aliphatic heterocycles. The lowest BCUT2D eigenvalue weighted by molar-refractivity contribution is 0.0935. The molecule has 0 atom stereocenters. The molecule has 1 fully saturated rings. The van der Waals surface area contributed by atoms with Gasteiger partial charge >= 0.3 is 0 Å². The lowest BCUT2D eigenvalue weighted by atomic mass is 10.0. The highest BCUT2D eigenvalue weighted by Crippen LogP contribution is 2.27. The van der Waals surface area contributed by atoms with Crippen LogP contribution in [0.25, 0.3) is 22.2 Å². The van der Waals surface area contributed by atoms with Crippen LogP contribution in [0.3, 0.4) is 0 Å². The van der Waals surface area contributed by atoms with Crippen LogP contribution in [0.1, 0.15) is 48.9 Å². The summed E-state index contributed by atoms with van der Waals surface area (Å²) in [5.74, 6) is 0.802. The average Bonchev–Trinajstić information content (AvgIpc) is 3.01. The van der Waals surface area contributed by atoms with Crippen LogP contribution in [0, 0.1) is 0 Å². The fourth-order valence-electron chi connectivity index (χ4n) is 3.96. The van der Waals surface area contributed by atoms with Gasteiger partial charge in [0.05, 0.1) is 23.9 Å². The number of carbonyl (C=O) groups excluding carboxylic acids is 1. The highest BCUT2D eigenvalue weighted by molar-refractivity contribution is 6.07. The number of aromatic nitrogens is 1. The second-order valence-corrected chi connectivity index (χ2v) is 7.46. The van der Waals surface area contributed by atoms with Gasteiger partial charge in [-0.15, -0.1) is 0 Å². The Kier molecular flexibility index (Phi) is 5.56. The molecular weight excluding hydrogens is 348 g/mol. The molecule has 4 rings (SSSR count). The third kappa shape index (κ3) is 4.01. The summed E-state index contributed by atoms with van der Waals surface area (Å²) in [7, 11) is 1.65. The van der Waals surface area contributed by atoms with Crippen molar-refractivity contribution in [1.82, 2.24) is 10.3 Å². The summed E-state index contributed by atoms with van der Waals surface area (Å²) in [6.07, 6.45) is 7.07. The molecule has 0 unspecified atom stereocenters. The minimum Gasteiger partial charge on any atom is -0.497 e. The van der Waals surface area contributed by atoms with E-state index >= 15 is 0 Å². The molecule has 0 bridgehead atoms. The number of nitrogens with zero attached hydrogens (tertiary/aromatic N) is 1. The van der Waals surface area contributed by atoms with Gasteiger partial charge in [0.25, 0.3) is 5.91 Å². The third-order valence-corrected chi connectivity index (χ3v) is 5.54. The average molecular weight is 374 g/mol. The molecule has 28 heavy (non-hydrogen) atoms. The first-order chi connectivity index (χ1) is 13.7. The summed E-state index contributed by atoms with van der Waals surface area (Å²) in [5, 5.41) is 4.17. The number of benzene rings is 2. The van der Waals surface area contributed by atoms with Crippen LogP contribution in [-0.4, -0.2) is 24.0 Å². The number of para-hydroxylation sites is 1. The van der Waals surface area contributed by atoms with E-state index in [2.05, 4.69) is 5.32 Å². The van der Waals surface area contributed by atoms with Crippen molar-refractivity contribution in [3.63, 3.8) is 0 Å². The van der Waals surface area contributed by atoms with Gasteiger partial charge < -0.3 is 10.1 Å². The minimum absolute atomic E-state index is 0.000242. The summed E-state index contributed by atoms with van der Waals surface area (Å²) in [6.45, 7) is 0. The van der Waals surface area contributed by atoms with Crippen LogP contribution in [0.4, 0.5) is 0 Å². The first-order valence-corrected chi connectivity index (χ1v) is 10.1. The van der Waals surface area contributed by atoms with E-state index in [9.17, 15) is 4.79 Å². The first kappa shape index (κ1) is 18.5. The maximum atomic E-state index is 13.2. The number of fused-ring (bicyclic) bond motifs is 1. The number of nitrogens with one attached hydrogen (secondary N) is 1. The number of hydrogen-bond acceptors (Lipinski definition) is 3. The van der Waals surface area contributed by atoms with Gasteiger partial charge in [-0.3, -0.25) is 4.79 Å². The fraction of sp³-hybridized carbons (Fsp3) is 0.333. The zero-order valence-electron chi connectivity index (χ0n) is 16.3. The highest BCUT2D eigenvalue weighted by atomic mass is 16.5. The number of amides is 1. The van der Waals surface area contributed by atoms with Gasteiger partial charge in [-0.05, 0) is 49.2 Å². The van der Waals surface area contributed by atoms with Crippen LogP contribution >= 0.6 is 0 Å². The molecule has 1 aliphatic rings. The number of methoxy groups -OCH3 is 1. The SMILES string of the molecule is COc1ccc(-c2cc(C(=O)NC3CCCCCC3)c3ccccc3n2)cc1. The van der Waals surface area contributed by atoms with Gasteiger partial charge in [-0.2, -0.15) is 0 Å². The molecule has 3 aromatic rings. The maximum absolute atomic E-state index is 13.2. The smallest absolute Gasteiger partial charge is 0.252 e. The Balaban J connectivity index is 1.70. The van der Waals surface area contributed by atoms with Crippen LogP contribution in [-0.2, 0) is 0 Å². The number of carbonyl (C=O) groups is 1. The summed E-state index contributed by atoms with van der Waals surface area (Å²) in [5.41, 5.74) is 3.30.